The van der Waals surface area contributed by atoms with Gasteiger partial charge in [-0.3, -0.25) is 0 Å². The molecule has 64 valence electrons. The van der Waals surface area contributed by atoms with E-state index in [1.54, 1.807) is 18.2 Å². The second-order valence-electron chi connectivity index (χ2n) is 2.21. The van der Waals surface area contributed by atoms with Crippen LogP contribution >= 0.6 is 0 Å². The fraction of sp³-hybridized carbons (Fsp3) is 0.0909. The number of hydrogen-bond acceptors (Lipinski definition) is 1. The van der Waals surface area contributed by atoms with E-state index in [1.165, 1.54) is 0 Å². The van der Waals surface area contributed by atoms with Crippen LogP contribution in [0.4, 0.5) is 0 Å². The Morgan fingerprint density at radius 1 is 1.33 bits per heavy atom. The summed E-state index contributed by atoms with van der Waals surface area (Å²) in [6, 6.07) is 0. The Hall–Kier alpha value is -1.50. The van der Waals surface area contributed by atoms with E-state index in [0.717, 1.165) is 5.57 Å². The van der Waals surface area contributed by atoms with E-state index in [2.05, 4.69) is 19.7 Å². The fourth-order valence-electron chi connectivity index (χ4n) is 0.860. The van der Waals surface area contributed by atoms with Gasteiger partial charge >= 0.3 is 0 Å². The summed E-state index contributed by atoms with van der Waals surface area (Å²) in [6.07, 6.45) is 6.81. The molecular weight excluding hydrogens is 148 g/mol. The number of aliphatic hydroxyl groups is 1. The molecule has 0 aliphatic heterocycles. The van der Waals surface area contributed by atoms with Crippen LogP contribution < -0.4 is 0 Å². The Labute approximate surface area is 73.7 Å². The van der Waals surface area contributed by atoms with Gasteiger partial charge in [-0.15, -0.1) is 0 Å². The maximum atomic E-state index is 9.18. The van der Waals surface area contributed by atoms with Gasteiger partial charge in [0.05, 0.1) is 0 Å². The molecule has 12 heavy (non-hydrogen) atoms. The topological polar surface area (TPSA) is 20.2 Å². The van der Waals surface area contributed by atoms with Crippen molar-refractivity contribution in [1.29, 1.82) is 0 Å². The van der Waals surface area contributed by atoms with Crippen LogP contribution in [0.2, 0.25) is 0 Å². The SMILES string of the molecule is C=C/C=C(C(=C)O)\C(C=C)=C/C. The Morgan fingerprint density at radius 2 is 1.92 bits per heavy atom. The molecule has 0 saturated heterocycles. The van der Waals surface area contributed by atoms with Crippen LogP contribution in [-0.2, 0) is 0 Å². The first-order valence-corrected chi connectivity index (χ1v) is 3.67. The molecule has 0 atom stereocenters. The van der Waals surface area contributed by atoms with Gasteiger partial charge in [0.15, 0.2) is 0 Å². The Kier molecular flexibility index (Phi) is 4.54. The summed E-state index contributed by atoms with van der Waals surface area (Å²) in [4.78, 5) is 0. The highest BCUT2D eigenvalue weighted by molar-refractivity contribution is 5.48. The molecule has 1 heteroatoms. The monoisotopic (exact) mass is 162 g/mol. The third-order valence-electron chi connectivity index (χ3n) is 1.44. The molecule has 0 saturated carbocycles. The third-order valence-corrected chi connectivity index (χ3v) is 1.44. The molecule has 0 aromatic rings. The molecule has 0 aromatic carbocycles. The smallest absolute Gasteiger partial charge is 0.116 e. The Balaban J connectivity index is 4.99. The molecule has 0 aromatic heterocycles. The predicted molar refractivity (Wildman–Crippen MR) is 54.0 cm³/mol. The Bertz CT molecular complexity index is 254. The van der Waals surface area contributed by atoms with Gasteiger partial charge in [0.1, 0.15) is 5.76 Å². The van der Waals surface area contributed by atoms with Crippen molar-refractivity contribution < 1.29 is 5.11 Å². The van der Waals surface area contributed by atoms with Crippen LogP contribution in [0.1, 0.15) is 6.92 Å². The molecule has 0 heterocycles. The first-order chi connectivity index (χ1) is 5.67. The van der Waals surface area contributed by atoms with Crippen molar-refractivity contribution in [2.45, 2.75) is 6.92 Å². The molecule has 1 nitrogen and oxygen atoms in total. The summed E-state index contributed by atoms with van der Waals surface area (Å²) in [5, 5.41) is 9.18. The minimum atomic E-state index is 0.0305. The van der Waals surface area contributed by atoms with Gasteiger partial charge in [-0.25, -0.2) is 0 Å². The highest BCUT2D eigenvalue weighted by Gasteiger charge is 2.01. The van der Waals surface area contributed by atoms with Crippen molar-refractivity contribution in [1.82, 2.24) is 0 Å². The summed E-state index contributed by atoms with van der Waals surface area (Å²) in [5.41, 5.74) is 1.50. The zero-order valence-electron chi connectivity index (χ0n) is 7.38. The maximum absolute atomic E-state index is 9.18. The summed E-state index contributed by atoms with van der Waals surface area (Å²) in [5.74, 6) is 0.0305. The highest BCUT2D eigenvalue weighted by atomic mass is 16.3. The van der Waals surface area contributed by atoms with Crippen LogP contribution in [0.3, 0.4) is 0 Å². The lowest BCUT2D eigenvalue weighted by Gasteiger charge is -2.04. The summed E-state index contributed by atoms with van der Waals surface area (Å²) in [6.45, 7) is 12.5. The average molecular weight is 162 g/mol. The maximum Gasteiger partial charge on any atom is 0.116 e. The van der Waals surface area contributed by atoms with E-state index in [-0.39, 0.29) is 5.76 Å². The number of aliphatic hydroxyl groups excluding tert-OH is 1. The van der Waals surface area contributed by atoms with Crippen molar-refractivity contribution in [2.24, 2.45) is 0 Å². The highest BCUT2D eigenvalue weighted by Crippen LogP contribution is 2.16. The van der Waals surface area contributed by atoms with Crippen molar-refractivity contribution >= 4 is 0 Å². The van der Waals surface area contributed by atoms with Crippen LogP contribution in [-0.4, -0.2) is 5.11 Å². The summed E-state index contributed by atoms with van der Waals surface area (Å²) < 4.78 is 0. The lowest BCUT2D eigenvalue weighted by Crippen LogP contribution is -1.89. The number of rotatable bonds is 4. The van der Waals surface area contributed by atoms with Crippen LogP contribution in [0.5, 0.6) is 0 Å². The zero-order chi connectivity index (χ0) is 9.56. The zero-order valence-corrected chi connectivity index (χ0v) is 7.38. The second-order valence-corrected chi connectivity index (χ2v) is 2.21. The van der Waals surface area contributed by atoms with Crippen LogP contribution in [0, 0.1) is 0 Å². The van der Waals surface area contributed by atoms with Gasteiger partial charge in [-0.05, 0) is 12.5 Å². The van der Waals surface area contributed by atoms with Crippen molar-refractivity contribution in [3.05, 3.63) is 60.9 Å². The van der Waals surface area contributed by atoms with E-state index < -0.39 is 0 Å². The standard InChI is InChI=1S/C11H14O/c1-5-8-11(9(4)12)10(6-2)7-3/h5-8,12H,1-2,4H2,3H3/b10-7-,11-8-. The van der Waals surface area contributed by atoms with Gasteiger partial charge in [0.25, 0.3) is 0 Å². The molecule has 0 aliphatic rings. The van der Waals surface area contributed by atoms with Gasteiger partial charge in [0, 0.05) is 5.57 Å². The number of allylic oxidation sites excluding steroid dienone is 5. The average Bonchev–Trinajstić information content (AvgIpc) is 2.05. The van der Waals surface area contributed by atoms with E-state index in [4.69, 9.17) is 0 Å². The Morgan fingerprint density at radius 3 is 2.17 bits per heavy atom. The van der Waals surface area contributed by atoms with E-state index >= 15 is 0 Å². The lowest BCUT2D eigenvalue weighted by molar-refractivity contribution is 0.428. The minimum Gasteiger partial charge on any atom is -0.508 e. The van der Waals surface area contributed by atoms with Crippen molar-refractivity contribution in [3.8, 4) is 0 Å². The van der Waals surface area contributed by atoms with Crippen molar-refractivity contribution in [3.63, 3.8) is 0 Å². The first-order valence-electron chi connectivity index (χ1n) is 3.67. The lowest BCUT2D eigenvalue weighted by atomic mass is 10.0. The molecule has 0 rings (SSSR count). The molecular formula is C11H14O. The second kappa shape index (κ2) is 5.19. The largest absolute Gasteiger partial charge is 0.508 e. The summed E-state index contributed by atoms with van der Waals surface area (Å²) in [7, 11) is 0. The fourth-order valence-corrected chi connectivity index (χ4v) is 0.860. The predicted octanol–water partition coefficient (Wildman–Crippen LogP) is 3.30. The van der Waals surface area contributed by atoms with Gasteiger partial charge in [-0.1, -0.05) is 44.0 Å². The molecule has 0 unspecified atom stereocenters. The molecule has 1 N–H and O–H groups in total. The van der Waals surface area contributed by atoms with E-state index in [1.807, 2.05) is 13.0 Å². The minimum absolute atomic E-state index is 0.0305. The van der Waals surface area contributed by atoms with Gasteiger partial charge < -0.3 is 5.11 Å². The van der Waals surface area contributed by atoms with E-state index in [0.29, 0.717) is 5.57 Å². The van der Waals surface area contributed by atoms with Gasteiger partial charge in [0.2, 0.25) is 0 Å². The molecule has 0 bridgehead atoms. The molecule has 0 amide bonds. The van der Waals surface area contributed by atoms with Crippen molar-refractivity contribution in [2.75, 3.05) is 0 Å². The van der Waals surface area contributed by atoms with Crippen LogP contribution in [0.15, 0.2) is 60.9 Å². The normalized spacial score (nSPS) is 12.4. The summed E-state index contributed by atoms with van der Waals surface area (Å²) >= 11 is 0. The first kappa shape index (κ1) is 10.5. The quantitative estimate of drug-likeness (QED) is 0.496. The molecule has 0 radical (unpaired) electrons. The molecule has 0 fully saturated rings. The van der Waals surface area contributed by atoms with Gasteiger partial charge in [-0.2, -0.15) is 0 Å². The number of hydrogen-bond donors (Lipinski definition) is 1. The molecule has 0 aliphatic carbocycles. The van der Waals surface area contributed by atoms with E-state index in [9.17, 15) is 5.11 Å². The van der Waals surface area contributed by atoms with Crippen LogP contribution in [0.25, 0.3) is 0 Å². The molecule has 0 spiro atoms. The third kappa shape index (κ3) is 2.62.